The largest absolute Gasteiger partial charge is 0.462 e. The highest BCUT2D eigenvalue weighted by molar-refractivity contribution is 5.96. The number of aryl methyl sites for hydroxylation is 1. The van der Waals surface area contributed by atoms with Crippen molar-refractivity contribution in [3.63, 3.8) is 0 Å². The van der Waals surface area contributed by atoms with Gasteiger partial charge in [0.2, 0.25) is 0 Å². The third kappa shape index (κ3) is 5.71. The summed E-state index contributed by atoms with van der Waals surface area (Å²) in [5, 5.41) is 11.8. The monoisotopic (exact) mass is 584 g/mol. The molecule has 11 heteroatoms. The lowest BCUT2D eigenvalue weighted by atomic mass is 10.0. The Morgan fingerprint density at radius 1 is 1.16 bits per heavy atom. The van der Waals surface area contributed by atoms with Crippen LogP contribution in [-0.2, 0) is 17.8 Å². The van der Waals surface area contributed by atoms with Crippen molar-refractivity contribution in [3.8, 4) is 12.1 Å². The number of amides is 1. The molecule has 3 aromatic rings. The van der Waals surface area contributed by atoms with E-state index in [0.29, 0.717) is 44.7 Å². The predicted octanol–water partition coefficient (Wildman–Crippen LogP) is 3.78. The Morgan fingerprint density at radius 3 is 2.79 bits per heavy atom. The number of benzene rings is 1. The van der Waals surface area contributed by atoms with Gasteiger partial charge in [0, 0.05) is 54.8 Å². The second-order valence-corrected chi connectivity index (χ2v) is 11.7. The standard InChI is InChI=1S/C32H37FN8O2/c1-21-6-4-7-23-16-35-17-28(29(21)23)39-13-10-26-27(19-39)36-32(43-20-25-8-5-12-38(25)3)37-30(26)40-14-15-41(31(42)22(2)33)24(18-40)9-11-34/h4,6-7,16-17,24-25H,2,5,8-10,12-15,18-20H2,1,3H3/t24-,25-/m0/s1. The molecule has 3 aliphatic rings. The zero-order valence-electron chi connectivity index (χ0n) is 24.8. The Bertz CT molecular complexity index is 1580. The van der Waals surface area contributed by atoms with E-state index >= 15 is 0 Å². The SMILES string of the molecule is C=C(F)C(=O)N1CCN(c2nc(OC[C@@H]3CCCN3C)nc3c2CCN(c2cncc4cccc(C)c24)C3)C[C@@H]1CC#N. The maximum absolute atomic E-state index is 13.8. The van der Waals surface area contributed by atoms with Gasteiger partial charge < -0.3 is 24.3 Å². The van der Waals surface area contributed by atoms with Crippen molar-refractivity contribution in [1.82, 2.24) is 24.8 Å². The first-order valence-corrected chi connectivity index (χ1v) is 14.9. The van der Waals surface area contributed by atoms with E-state index in [1.54, 1.807) is 0 Å². The summed E-state index contributed by atoms with van der Waals surface area (Å²) in [6, 6.07) is 8.58. The van der Waals surface area contributed by atoms with Gasteiger partial charge in [0.1, 0.15) is 12.4 Å². The fraction of sp³-hybridized carbons (Fsp3) is 0.469. The molecule has 43 heavy (non-hydrogen) atoms. The second-order valence-electron chi connectivity index (χ2n) is 11.7. The lowest BCUT2D eigenvalue weighted by Crippen LogP contribution is -2.55. The molecule has 2 aromatic heterocycles. The van der Waals surface area contributed by atoms with Crippen molar-refractivity contribution >= 4 is 28.2 Å². The first-order valence-electron chi connectivity index (χ1n) is 14.9. The molecular formula is C32H37FN8O2. The number of nitriles is 1. The molecule has 0 saturated carbocycles. The van der Waals surface area contributed by atoms with E-state index in [-0.39, 0.29) is 13.0 Å². The van der Waals surface area contributed by atoms with Gasteiger partial charge in [0.15, 0.2) is 5.83 Å². The van der Waals surface area contributed by atoms with Crippen molar-refractivity contribution in [2.45, 2.75) is 51.2 Å². The summed E-state index contributed by atoms with van der Waals surface area (Å²) in [7, 11) is 2.11. The molecule has 2 fully saturated rings. The van der Waals surface area contributed by atoms with Gasteiger partial charge in [-0.25, -0.2) is 4.39 Å². The molecule has 0 bridgehead atoms. The zero-order chi connectivity index (χ0) is 30.1. The lowest BCUT2D eigenvalue weighted by Gasteiger charge is -2.42. The molecule has 5 heterocycles. The molecule has 0 unspecified atom stereocenters. The summed E-state index contributed by atoms with van der Waals surface area (Å²) < 4.78 is 20.1. The number of aromatic nitrogens is 3. The first kappa shape index (κ1) is 28.8. The first-order chi connectivity index (χ1) is 20.8. The van der Waals surface area contributed by atoms with Gasteiger partial charge in [0.25, 0.3) is 5.91 Å². The molecule has 0 N–H and O–H groups in total. The number of pyridine rings is 1. The quantitative estimate of drug-likeness (QED) is 0.384. The number of anilines is 2. The molecule has 224 valence electrons. The molecule has 10 nitrogen and oxygen atoms in total. The minimum absolute atomic E-state index is 0.0847. The van der Waals surface area contributed by atoms with Crippen LogP contribution >= 0.6 is 0 Å². The molecule has 3 aliphatic heterocycles. The Balaban J connectivity index is 1.34. The number of likely N-dealkylation sites (N-methyl/N-ethyl adjacent to an activating group) is 1. The van der Waals surface area contributed by atoms with E-state index in [1.165, 1.54) is 15.8 Å². The molecule has 0 spiro atoms. The average Bonchev–Trinajstić information content (AvgIpc) is 3.43. The van der Waals surface area contributed by atoms with Crippen LogP contribution in [0.3, 0.4) is 0 Å². The number of carbonyl (C=O) groups excluding carboxylic acids is 1. The highest BCUT2D eigenvalue weighted by Gasteiger charge is 2.35. The van der Waals surface area contributed by atoms with E-state index in [4.69, 9.17) is 14.7 Å². The van der Waals surface area contributed by atoms with Crippen LogP contribution in [0.5, 0.6) is 6.01 Å². The van der Waals surface area contributed by atoms with Crippen molar-refractivity contribution in [3.05, 3.63) is 59.8 Å². The van der Waals surface area contributed by atoms with Gasteiger partial charge in [-0.05, 0) is 45.3 Å². The number of piperazine rings is 1. The van der Waals surface area contributed by atoms with Crippen LogP contribution in [0.15, 0.2) is 43.0 Å². The molecule has 1 aromatic carbocycles. The van der Waals surface area contributed by atoms with Crippen molar-refractivity contribution in [2.75, 3.05) is 56.2 Å². The number of halogens is 1. The average molecular weight is 585 g/mol. The van der Waals surface area contributed by atoms with Gasteiger partial charge in [-0.3, -0.25) is 9.78 Å². The summed E-state index contributed by atoms with van der Waals surface area (Å²) in [6.45, 7) is 9.26. The van der Waals surface area contributed by atoms with Crippen LogP contribution in [0.4, 0.5) is 15.9 Å². The van der Waals surface area contributed by atoms with Gasteiger partial charge >= 0.3 is 6.01 Å². The molecule has 2 atom stereocenters. The minimum atomic E-state index is -1.01. The minimum Gasteiger partial charge on any atom is -0.462 e. The maximum Gasteiger partial charge on any atom is 0.318 e. The summed E-state index contributed by atoms with van der Waals surface area (Å²) in [5.41, 5.74) is 4.20. The van der Waals surface area contributed by atoms with E-state index < -0.39 is 17.8 Å². The molecular weight excluding hydrogens is 547 g/mol. The summed E-state index contributed by atoms with van der Waals surface area (Å²) in [6.07, 6.45) is 6.83. The molecule has 2 saturated heterocycles. The molecule has 1 amide bonds. The van der Waals surface area contributed by atoms with Gasteiger partial charge in [0.05, 0.1) is 42.7 Å². The van der Waals surface area contributed by atoms with E-state index in [2.05, 4.69) is 64.5 Å². The van der Waals surface area contributed by atoms with Gasteiger partial charge in [-0.1, -0.05) is 24.8 Å². The third-order valence-corrected chi connectivity index (χ3v) is 9.01. The van der Waals surface area contributed by atoms with Crippen molar-refractivity contribution < 1.29 is 13.9 Å². The predicted molar refractivity (Wildman–Crippen MR) is 163 cm³/mol. The Labute approximate surface area is 251 Å². The number of nitrogens with zero attached hydrogens (tertiary/aromatic N) is 8. The number of hydrogen-bond donors (Lipinski definition) is 0. The number of fused-ring (bicyclic) bond motifs is 2. The van der Waals surface area contributed by atoms with Crippen molar-refractivity contribution in [1.29, 1.82) is 5.26 Å². The van der Waals surface area contributed by atoms with Crippen LogP contribution in [0.1, 0.15) is 36.1 Å². The van der Waals surface area contributed by atoms with Crippen LogP contribution in [0.2, 0.25) is 0 Å². The third-order valence-electron chi connectivity index (χ3n) is 9.01. The normalized spacial score (nSPS) is 20.7. The van der Waals surface area contributed by atoms with E-state index in [0.717, 1.165) is 54.1 Å². The molecule has 0 radical (unpaired) electrons. The Kier molecular flexibility index (Phi) is 8.13. The fourth-order valence-electron chi connectivity index (χ4n) is 6.67. The highest BCUT2D eigenvalue weighted by atomic mass is 19.1. The van der Waals surface area contributed by atoms with Crippen LogP contribution in [0, 0.1) is 18.3 Å². The highest BCUT2D eigenvalue weighted by Crippen LogP contribution is 2.35. The number of carbonyl (C=O) groups is 1. The molecule has 0 aliphatic carbocycles. The van der Waals surface area contributed by atoms with Crippen LogP contribution < -0.4 is 14.5 Å². The zero-order valence-corrected chi connectivity index (χ0v) is 24.8. The number of likely N-dealkylation sites (tertiary alicyclic amines) is 1. The van der Waals surface area contributed by atoms with Gasteiger partial charge in [-0.2, -0.15) is 15.2 Å². The van der Waals surface area contributed by atoms with Crippen LogP contribution in [0.25, 0.3) is 10.8 Å². The van der Waals surface area contributed by atoms with Crippen LogP contribution in [-0.4, -0.2) is 89.1 Å². The Morgan fingerprint density at radius 2 is 2.02 bits per heavy atom. The number of hydrogen-bond acceptors (Lipinski definition) is 9. The topological polar surface area (TPSA) is 102 Å². The van der Waals surface area contributed by atoms with Gasteiger partial charge in [-0.15, -0.1) is 0 Å². The second kappa shape index (κ2) is 12.1. The lowest BCUT2D eigenvalue weighted by molar-refractivity contribution is -0.131. The number of ether oxygens (including phenoxy) is 1. The smallest absolute Gasteiger partial charge is 0.318 e. The summed E-state index contributed by atoms with van der Waals surface area (Å²) in [4.78, 5) is 35.0. The Hall–Kier alpha value is -4.30. The summed E-state index contributed by atoms with van der Waals surface area (Å²) >= 11 is 0. The summed E-state index contributed by atoms with van der Waals surface area (Å²) in [5.74, 6) is -1.01. The molecule has 6 rings (SSSR count). The van der Waals surface area contributed by atoms with E-state index in [9.17, 15) is 14.4 Å². The fourth-order valence-corrected chi connectivity index (χ4v) is 6.67. The van der Waals surface area contributed by atoms with Crippen molar-refractivity contribution in [2.24, 2.45) is 0 Å². The number of rotatable bonds is 7. The maximum atomic E-state index is 13.8. The van der Waals surface area contributed by atoms with E-state index in [1.807, 2.05) is 12.4 Å².